The van der Waals surface area contributed by atoms with Gasteiger partial charge in [-0.2, -0.15) is 0 Å². The van der Waals surface area contributed by atoms with E-state index in [4.69, 9.17) is 23.7 Å². The van der Waals surface area contributed by atoms with E-state index in [9.17, 15) is 46.0 Å². The summed E-state index contributed by atoms with van der Waals surface area (Å²) in [6.07, 6.45) is -21.3. The van der Waals surface area contributed by atoms with Gasteiger partial charge in [0, 0.05) is 0 Å². The quantitative estimate of drug-likeness (QED) is 0.187. The molecule has 3 saturated heterocycles. The molecule has 0 radical (unpaired) electrons. The molecule has 14 heteroatoms. The van der Waals surface area contributed by atoms with E-state index in [0.717, 1.165) is 0 Å². The minimum absolute atomic E-state index is 0.376. The number of aliphatic hydroxyl groups excluding tert-OH is 9. The highest BCUT2D eigenvalue weighted by molar-refractivity contribution is 4.94. The zero-order chi connectivity index (χ0) is 23.0. The molecule has 0 aliphatic carbocycles. The summed E-state index contributed by atoms with van der Waals surface area (Å²) in [5.74, 6) is 0. The van der Waals surface area contributed by atoms with Crippen LogP contribution in [0.15, 0.2) is 0 Å². The lowest BCUT2D eigenvalue weighted by Gasteiger charge is -2.47. The minimum atomic E-state index is -1.73. The molecule has 14 nitrogen and oxygen atoms in total. The van der Waals surface area contributed by atoms with E-state index in [1.54, 1.807) is 0 Å². The summed E-state index contributed by atoms with van der Waals surface area (Å²) in [7, 11) is 0. The van der Waals surface area contributed by atoms with E-state index in [2.05, 4.69) is 0 Å². The van der Waals surface area contributed by atoms with Crippen LogP contribution in [0.25, 0.3) is 0 Å². The maximum absolute atomic E-state index is 10.5. The lowest BCUT2D eigenvalue weighted by Crippen LogP contribution is -2.65. The predicted molar refractivity (Wildman–Crippen MR) is 93.8 cm³/mol. The zero-order valence-electron chi connectivity index (χ0n) is 16.6. The van der Waals surface area contributed by atoms with Crippen molar-refractivity contribution in [1.29, 1.82) is 0 Å². The van der Waals surface area contributed by atoms with E-state index in [1.165, 1.54) is 6.92 Å². The molecule has 0 aromatic rings. The van der Waals surface area contributed by atoms with Crippen molar-refractivity contribution in [1.82, 2.24) is 0 Å². The normalized spacial score (nSPS) is 54.0. The van der Waals surface area contributed by atoms with Gasteiger partial charge in [0.05, 0.1) is 19.3 Å². The van der Waals surface area contributed by atoms with Gasteiger partial charge < -0.3 is 69.6 Å². The van der Waals surface area contributed by atoms with Gasteiger partial charge in [-0.1, -0.05) is 0 Å². The first-order valence-corrected chi connectivity index (χ1v) is 9.85. The Morgan fingerprint density at radius 2 is 1.39 bits per heavy atom. The van der Waals surface area contributed by atoms with Gasteiger partial charge in [-0.15, -0.1) is 0 Å². The highest BCUT2D eigenvalue weighted by Gasteiger charge is 2.52. The average molecular weight is 458 g/mol. The van der Waals surface area contributed by atoms with Crippen molar-refractivity contribution in [2.75, 3.05) is 13.2 Å². The van der Waals surface area contributed by atoms with Gasteiger partial charge in [0.15, 0.2) is 18.9 Å². The second kappa shape index (κ2) is 10.1. The first-order chi connectivity index (χ1) is 14.6. The standard InChI is InChI=1S/C17H30O14/c1-4-7(19)10(22)13(25)16(28-4)31-14-11(23)8(20)5(2-18)29-17(14)30-6-3-27-15(26)12(24)9(6)21/h4-26H,2-3H2,1H3. The minimum Gasteiger partial charge on any atom is -0.394 e. The van der Waals surface area contributed by atoms with Crippen molar-refractivity contribution in [3.63, 3.8) is 0 Å². The predicted octanol–water partition coefficient (Wildman–Crippen LogP) is -5.91. The molecule has 9 N–H and O–H groups in total. The van der Waals surface area contributed by atoms with Crippen LogP contribution in [0.4, 0.5) is 0 Å². The molecule has 0 saturated carbocycles. The van der Waals surface area contributed by atoms with Crippen LogP contribution in [-0.4, -0.2) is 145 Å². The average Bonchev–Trinajstić information content (AvgIpc) is 2.75. The topological polar surface area (TPSA) is 228 Å². The summed E-state index contributed by atoms with van der Waals surface area (Å²) < 4.78 is 26.7. The summed E-state index contributed by atoms with van der Waals surface area (Å²) in [4.78, 5) is 0. The van der Waals surface area contributed by atoms with Crippen molar-refractivity contribution >= 4 is 0 Å². The molecular weight excluding hydrogens is 428 g/mol. The van der Waals surface area contributed by atoms with Gasteiger partial charge in [0.25, 0.3) is 0 Å². The number of rotatable bonds is 5. The zero-order valence-corrected chi connectivity index (χ0v) is 16.6. The molecule has 0 aromatic carbocycles. The Hall–Kier alpha value is -0.560. The fourth-order valence-electron chi connectivity index (χ4n) is 3.66. The molecule has 0 spiro atoms. The Kier molecular flexibility index (Phi) is 8.21. The smallest absolute Gasteiger partial charge is 0.187 e. The third-order valence-electron chi connectivity index (χ3n) is 5.69. The summed E-state index contributed by atoms with van der Waals surface area (Å²) in [6.45, 7) is 0.330. The van der Waals surface area contributed by atoms with Crippen molar-refractivity contribution in [2.45, 2.75) is 92.9 Å². The highest BCUT2D eigenvalue weighted by atomic mass is 16.8. The van der Waals surface area contributed by atoms with Crippen LogP contribution in [0.5, 0.6) is 0 Å². The first kappa shape index (κ1) is 25.1. The molecule has 3 aliphatic heterocycles. The van der Waals surface area contributed by atoms with E-state index in [-0.39, 0.29) is 6.61 Å². The van der Waals surface area contributed by atoms with E-state index in [0.29, 0.717) is 0 Å². The Labute approximate surface area is 176 Å². The van der Waals surface area contributed by atoms with Crippen LogP contribution in [0.1, 0.15) is 6.92 Å². The number of hydrogen-bond acceptors (Lipinski definition) is 14. The maximum Gasteiger partial charge on any atom is 0.187 e. The van der Waals surface area contributed by atoms with E-state index >= 15 is 0 Å². The number of hydrogen-bond donors (Lipinski definition) is 9. The molecular formula is C17H30O14. The van der Waals surface area contributed by atoms with Crippen molar-refractivity contribution in [2.24, 2.45) is 0 Å². The van der Waals surface area contributed by atoms with Crippen LogP contribution < -0.4 is 0 Å². The van der Waals surface area contributed by atoms with Crippen molar-refractivity contribution < 1.29 is 69.6 Å². The molecule has 3 rings (SSSR count). The molecule has 14 atom stereocenters. The summed E-state index contributed by atoms with van der Waals surface area (Å²) >= 11 is 0. The highest BCUT2D eigenvalue weighted by Crippen LogP contribution is 2.31. The molecule has 3 heterocycles. The van der Waals surface area contributed by atoms with Crippen LogP contribution in [-0.2, 0) is 23.7 Å². The van der Waals surface area contributed by atoms with Gasteiger partial charge in [-0.05, 0) is 6.92 Å². The molecule has 182 valence electrons. The fourth-order valence-corrected chi connectivity index (χ4v) is 3.66. The van der Waals surface area contributed by atoms with Crippen LogP contribution >= 0.6 is 0 Å². The largest absolute Gasteiger partial charge is 0.394 e. The second-order valence-corrected chi connectivity index (χ2v) is 7.87. The summed E-state index contributed by atoms with van der Waals surface area (Å²) in [5.41, 5.74) is 0. The molecule has 0 aromatic heterocycles. The lowest BCUT2D eigenvalue weighted by molar-refractivity contribution is -0.379. The Balaban J connectivity index is 1.77. The SMILES string of the molecule is CC1OC(OC2C(OC3COC(O)C(O)C3O)OC(CO)C(O)C2O)C(O)C(O)C1O. The van der Waals surface area contributed by atoms with Crippen molar-refractivity contribution in [3.05, 3.63) is 0 Å². The molecule has 14 unspecified atom stereocenters. The maximum atomic E-state index is 10.5. The molecule has 3 aliphatic rings. The van der Waals surface area contributed by atoms with Gasteiger partial charge in [0.2, 0.25) is 0 Å². The summed E-state index contributed by atoms with van der Waals surface area (Å²) in [5, 5.41) is 89.4. The van der Waals surface area contributed by atoms with Gasteiger partial charge in [-0.3, -0.25) is 0 Å². The van der Waals surface area contributed by atoms with Gasteiger partial charge in [-0.25, -0.2) is 0 Å². The molecule has 0 amide bonds. The van der Waals surface area contributed by atoms with E-state index in [1.807, 2.05) is 0 Å². The summed E-state index contributed by atoms with van der Waals surface area (Å²) in [6, 6.07) is 0. The third-order valence-corrected chi connectivity index (χ3v) is 5.69. The molecule has 3 fully saturated rings. The van der Waals surface area contributed by atoms with Crippen molar-refractivity contribution in [3.8, 4) is 0 Å². The lowest BCUT2D eigenvalue weighted by atomic mass is 9.97. The Morgan fingerprint density at radius 3 is 2.03 bits per heavy atom. The first-order valence-electron chi connectivity index (χ1n) is 9.85. The Morgan fingerprint density at radius 1 is 0.710 bits per heavy atom. The van der Waals surface area contributed by atoms with Crippen LogP contribution in [0.2, 0.25) is 0 Å². The number of ether oxygens (including phenoxy) is 5. The van der Waals surface area contributed by atoms with E-state index < -0.39 is 92.6 Å². The molecule has 31 heavy (non-hydrogen) atoms. The third kappa shape index (κ3) is 5.02. The van der Waals surface area contributed by atoms with Gasteiger partial charge in [0.1, 0.15) is 61.0 Å². The monoisotopic (exact) mass is 458 g/mol. The second-order valence-electron chi connectivity index (χ2n) is 7.87. The van der Waals surface area contributed by atoms with Gasteiger partial charge >= 0.3 is 0 Å². The van der Waals surface area contributed by atoms with Crippen LogP contribution in [0.3, 0.4) is 0 Å². The Bertz CT molecular complexity index is 581. The number of aliphatic hydroxyl groups is 9. The fraction of sp³-hybridized carbons (Fsp3) is 1.00. The van der Waals surface area contributed by atoms with Crippen LogP contribution in [0, 0.1) is 0 Å². The molecule has 0 bridgehead atoms.